The standard InChI is InChI=1S/C14H16N3O/c1-11-3-7-13(8-4-11)15-17(18)16-14-9-5-12(2)6-10-14/h3-10H,1-2H3,(H2,15,16,18)/q+1. The summed E-state index contributed by atoms with van der Waals surface area (Å²) in [6.45, 7) is 4.01. The van der Waals surface area contributed by atoms with E-state index < -0.39 is 0 Å². The van der Waals surface area contributed by atoms with Gasteiger partial charge in [0.2, 0.25) is 0 Å². The van der Waals surface area contributed by atoms with Gasteiger partial charge in [0.25, 0.3) is 4.98 Å². The van der Waals surface area contributed by atoms with Crippen LogP contribution in [0.5, 0.6) is 0 Å². The average Bonchev–Trinajstić information content (AvgIpc) is 2.35. The van der Waals surface area contributed by atoms with E-state index in [9.17, 15) is 4.91 Å². The lowest BCUT2D eigenvalue weighted by molar-refractivity contribution is -0.485. The van der Waals surface area contributed by atoms with Crippen molar-refractivity contribution in [2.24, 2.45) is 0 Å². The van der Waals surface area contributed by atoms with Gasteiger partial charge in [-0.15, -0.1) is 0 Å². The van der Waals surface area contributed by atoms with Crippen LogP contribution in [0.3, 0.4) is 0 Å². The highest BCUT2D eigenvalue weighted by Crippen LogP contribution is 2.11. The molecule has 0 bridgehead atoms. The summed E-state index contributed by atoms with van der Waals surface area (Å²) >= 11 is 0. The molecule has 0 saturated carbocycles. The Bertz CT molecular complexity index is 482. The summed E-state index contributed by atoms with van der Waals surface area (Å²) in [7, 11) is 0. The Kier molecular flexibility index (Phi) is 3.57. The lowest BCUT2D eigenvalue weighted by Gasteiger charge is -2.00. The van der Waals surface area contributed by atoms with Gasteiger partial charge in [-0.1, -0.05) is 46.2 Å². The van der Waals surface area contributed by atoms with E-state index in [0.29, 0.717) is 4.98 Å². The van der Waals surface area contributed by atoms with Crippen molar-refractivity contribution in [1.29, 1.82) is 0 Å². The topological polar surface area (TPSA) is 44.1 Å². The highest BCUT2D eigenvalue weighted by molar-refractivity contribution is 5.44. The van der Waals surface area contributed by atoms with Crippen molar-refractivity contribution >= 4 is 11.4 Å². The molecule has 4 nitrogen and oxygen atoms in total. The van der Waals surface area contributed by atoms with Crippen LogP contribution >= 0.6 is 0 Å². The third-order valence-corrected chi connectivity index (χ3v) is 2.56. The van der Waals surface area contributed by atoms with E-state index in [0.717, 1.165) is 22.5 Å². The van der Waals surface area contributed by atoms with Crippen LogP contribution in [0.2, 0.25) is 0 Å². The predicted molar refractivity (Wildman–Crippen MR) is 73.2 cm³/mol. The molecule has 0 atom stereocenters. The number of benzene rings is 2. The van der Waals surface area contributed by atoms with Crippen molar-refractivity contribution in [1.82, 2.24) is 0 Å². The van der Waals surface area contributed by atoms with Crippen molar-refractivity contribution in [3.05, 3.63) is 64.6 Å². The molecule has 2 aromatic rings. The molecule has 0 fully saturated rings. The van der Waals surface area contributed by atoms with Crippen LogP contribution in [-0.2, 0) is 0 Å². The molecule has 0 saturated heterocycles. The molecule has 0 aliphatic carbocycles. The first kappa shape index (κ1) is 12.1. The molecule has 0 radical (unpaired) electrons. The average molecular weight is 242 g/mol. The summed E-state index contributed by atoms with van der Waals surface area (Å²) in [5.41, 5.74) is 9.20. The number of nitroso groups, excluding NO2 is 1. The molecule has 18 heavy (non-hydrogen) atoms. The summed E-state index contributed by atoms with van der Waals surface area (Å²) in [4.78, 5) is 12.2. The molecule has 0 aliphatic heterocycles. The molecule has 0 spiro atoms. The zero-order chi connectivity index (χ0) is 13.0. The Morgan fingerprint density at radius 2 is 1.06 bits per heavy atom. The highest BCUT2D eigenvalue weighted by Gasteiger charge is 2.08. The Balaban J connectivity index is 1.96. The molecule has 2 N–H and O–H groups in total. The number of nitrogens with one attached hydrogen (secondary N) is 2. The fourth-order valence-electron chi connectivity index (χ4n) is 1.52. The summed E-state index contributed by atoms with van der Waals surface area (Å²) < 4.78 is 0. The molecule has 2 aromatic carbocycles. The molecular formula is C14H16N3O+. The van der Waals surface area contributed by atoms with E-state index in [1.165, 1.54) is 0 Å². The van der Waals surface area contributed by atoms with Crippen molar-refractivity contribution in [3.8, 4) is 0 Å². The number of aryl methyl sites for hydroxylation is 2. The number of rotatable bonds is 4. The minimum atomic E-state index is 0.593. The molecule has 0 amide bonds. The van der Waals surface area contributed by atoms with Gasteiger partial charge >= 0.3 is 0 Å². The Labute approximate surface area is 106 Å². The molecule has 4 heteroatoms. The number of nitrogens with zero attached hydrogens (tertiary/aromatic N) is 1. The molecule has 0 aromatic heterocycles. The molecule has 92 valence electrons. The van der Waals surface area contributed by atoms with Crippen LogP contribution in [0.15, 0.2) is 48.5 Å². The maximum Gasteiger partial charge on any atom is 0.255 e. The number of anilines is 2. The van der Waals surface area contributed by atoms with E-state index in [4.69, 9.17) is 0 Å². The first-order chi connectivity index (χ1) is 8.63. The molecule has 0 heterocycles. The minimum Gasteiger partial charge on any atom is -0.0903 e. The van der Waals surface area contributed by atoms with Gasteiger partial charge < -0.3 is 0 Å². The Morgan fingerprint density at radius 3 is 1.39 bits per heavy atom. The van der Waals surface area contributed by atoms with Crippen LogP contribution in [-0.4, -0.2) is 4.98 Å². The van der Waals surface area contributed by atoms with Crippen LogP contribution in [0.1, 0.15) is 11.1 Å². The number of hydrogen-bond donors (Lipinski definition) is 2. The quantitative estimate of drug-likeness (QED) is 0.637. The van der Waals surface area contributed by atoms with E-state index >= 15 is 0 Å². The van der Waals surface area contributed by atoms with Crippen LogP contribution in [0, 0.1) is 18.8 Å². The largest absolute Gasteiger partial charge is 0.255 e. The van der Waals surface area contributed by atoms with Crippen molar-refractivity contribution in [2.75, 3.05) is 10.9 Å². The first-order valence-corrected chi connectivity index (χ1v) is 5.77. The zero-order valence-corrected chi connectivity index (χ0v) is 10.5. The highest BCUT2D eigenvalue weighted by atomic mass is 16.4. The maximum atomic E-state index is 11.6. The zero-order valence-electron chi connectivity index (χ0n) is 10.5. The summed E-state index contributed by atoms with van der Waals surface area (Å²) in [5, 5.41) is 0. The van der Waals surface area contributed by atoms with E-state index in [1.54, 1.807) is 0 Å². The SMILES string of the molecule is Cc1ccc(N[N+](=O)Nc2ccc(C)cc2)cc1. The van der Waals surface area contributed by atoms with Crippen LogP contribution in [0.25, 0.3) is 0 Å². The van der Waals surface area contributed by atoms with Gasteiger partial charge in [0.1, 0.15) is 11.4 Å². The van der Waals surface area contributed by atoms with Crippen molar-refractivity contribution in [3.63, 3.8) is 0 Å². The van der Waals surface area contributed by atoms with Gasteiger partial charge in [0, 0.05) is 0 Å². The fourth-order valence-corrected chi connectivity index (χ4v) is 1.52. The monoisotopic (exact) mass is 242 g/mol. The van der Waals surface area contributed by atoms with E-state index in [1.807, 2.05) is 62.4 Å². The molecule has 0 unspecified atom stereocenters. The van der Waals surface area contributed by atoms with Crippen LogP contribution in [0.4, 0.5) is 11.4 Å². The fraction of sp³-hybridized carbons (Fsp3) is 0.143. The second-order valence-corrected chi connectivity index (χ2v) is 4.25. The molecule has 0 aliphatic rings. The summed E-state index contributed by atoms with van der Waals surface area (Å²) in [6, 6.07) is 15.2. The second-order valence-electron chi connectivity index (χ2n) is 4.25. The van der Waals surface area contributed by atoms with Crippen molar-refractivity contribution in [2.45, 2.75) is 13.8 Å². The summed E-state index contributed by atoms with van der Waals surface area (Å²) in [5.74, 6) is 0. The lowest BCUT2D eigenvalue weighted by atomic mass is 10.2. The van der Waals surface area contributed by atoms with Gasteiger partial charge in [-0.2, -0.15) is 0 Å². The number of hydrogen-bond acceptors (Lipinski definition) is 1. The van der Waals surface area contributed by atoms with Gasteiger partial charge in [-0.25, -0.2) is 0 Å². The van der Waals surface area contributed by atoms with Gasteiger partial charge in [-0.3, -0.25) is 0 Å². The lowest BCUT2D eigenvalue weighted by Crippen LogP contribution is -2.22. The van der Waals surface area contributed by atoms with Crippen molar-refractivity contribution < 1.29 is 4.98 Å². The third kappa shape index (κ3) is 3.31. The van der Waals surface area contributed by atoms with E-state index in [2.05, 4.69) is 10.9 Å². The molecule has 2 rings (SSSR count). The first-order valence-electron chi connectivity index (χ1n) is 5.77. The van der Waals surface area contributed by atoms with Gasteiger partial charge in [-0.05, 0) is 38.1 Å². The summed E-state index contributed by atoms with van der Waals surface area (Å²) in [6.07, 6.45) is 0. The maximum absolute atomic E-state index is 11.6. The minimum absolute atomic E-state index is 0.593. The Hall–Kier alpha value is -2.36. The van der Waals surface area contributed by atoms with E-state index in [-0.39, 0.29) is 0 Å². The smallest absolute Gasteiger partial charge is 0.0903 e. The van der Waals surface area contributed by atoms with Gasteiger partial charge in [0.15, 0.2) is 0 Å². The third-order valence-electron chi connectivity index (χ3n) is 2.56. The van der Waals surface area contributed by atoms with Crippen LogP contribution < -0.4 is 10.9 Å². The Morgan fingerprint density at radius 1 is 0.722 bits per heavy atom. The normalized spacial score (nSPS) is 9.89. The van der Waals surface area contributed by atoms with Gasteiger partial charge in [0.05, 0.1) is 4.91 Å². The predicted octanol–water partition coefficient (Wildman–Crippen LogP) is 3.44. The number of hydrazine groups is 2. The molecular weight excluding hydrogens is 226 g/mol. The second kappa shape index (κ2) is 5.31.